The second kappa shape index (κ2) is 5.86. The number of carbonyl (C=O) groups is 1. The summed E-state index contributed by atoms with van der Waals surface area (Å²) < 4.78 is 1.07. The fourth-order valence-corrected chi connectivity index (χ4v) is 2.96. The van der Waals surface area contributed by atoms with Crippen LogP contribution < -0.4 is 4.90 Å². The summed E-state index contributed by atoms with van der Waals surface area (Å²) in [5, 5.41) is 0. The van der Waals surface area contributed by atoms with Gasteiger partial charge in [-0.2, -0.15) is 0 Å². The quantitative estimate of drug-likeness (QED) is 0.735. The number of para-hydroxylation sites is 1. The van der Waals surface area contributed by atoms with Gasteiger partial charge in [0.25, 0.3) is 0 Å². The largest absolute Gasteiger partial charge is 0.311 e. The van der Waals surface area contributed by atoms with Crippen molar-refractivity contribution in [2.24, 2.45) is 0 Å². The molecule has 0 atom stereocenters. The Hall–Kier alpha value is -1.87. The van der Waals surface area contributed by atoms with Gasteiger partial charge in [0.15, 0.2) is 0 Å². The van der Waals surface area contributed by atoms with E-state index in [-0.39, 0.29) is 5.91 Å². The molecule has 0 saturated carbocycles. The van der Waals surface area contributed by atoms with Crippen LogP contribution in [-0.2, 0) is 11.2 Å². The Morgan fingerprint density at radius 1 is 1.14 bits per heavy atom. The maximum atomic E-state index is 11.8. The Morgan fingerprint density at radius 2 is 1.90 bits per heavy atom. The molecule has 0 aromatic heterocycles. The lowest BCUT2D eigenvalue weighted by molar-refractivity contribution is -0.116. The fourth-order valence-electron chi connectivity index (χ4n) is 2.70. The zero-order valence-corrected chi connectivity index (χ0v) is 13.4. The number of benzene rings is 2. The molecule has 0 N–H and O–H groups in total. The minimum atomic E-state index is 0.109. The molecule has 1 amide bonds. The first-order valence-corrected chi connectivity index (χ1v) is 7.78. The summed E-state index contributed by atoms with van der Waals surface area (Å²) in [7, 11) is 0. The van der Waals surface area contributed by atoms with E-state index < -0.39 is 0 Å². The van der Waals surface area contributed by atoms with Crippen molar-refractivity contribution in [3.05, 3.63) is 63.6 Å². The third-order valence-corrected chi connectivity index (χ3v) is 4.26. The molecule has 21 heavy (non-hydrogen) atoms. The van der Waals surface area contributed by atoms with E-state index in [2.05, 4.69) is 58.4 Å². The normalized spacial score (nSPS) is 13.7. The number of anilines is 1. The molecule has 0 radical (unpaired) electrons. The van der Waals surface area contributed by atoms with Crippen LogP contribution in [0.2, 0.25) is 0 Å². The Balaban J connectivity index is 1.95. The van der Waals surface area contributed by atoms with Crippen molar-refractivity contribution in [2.75, 3.05) is 11.4 Å². The molecule has 0 saturated heterocycles. The summed E-state index contributed by atoms with van der Waals surface area (Å²) in [5.41, 5.74) is 4.56. The van der Waals surface area contributed by atoms with E-state index in [0.29, 0.717) is 0 Å². The standard InChI is InChI=1S/C18H16BrNO/c1-13(21)20-12-11-16-4-2-3-15(18(16)20)8-5-14-6-9-17(19)10-7-14/h2-10H,11-12H2,1H3/b8-5+. The van der Waals surface area contributed by atoms with Crippen LogP contribution in [0.25, 0.3) is 12.2 Å². The highest BCUT2D eigenvalue weighted by atomic mass is 79.9. The molecule has 2 aromatic carbocycles. The van der Waals surface area contributed by atoms with Gasteiger partial charge in [-0.3, -0.25) is 4.79 Å². The number of fused-ring (bicyclic) bond motifs is 1. The SMILES string of the molecule is CC(=O)N1CCc2cccc(/C=C/c3ccc(Br)cc3)c21. The molecule has 0 unspecified atom stereocenters. The summed E-state index contributed by atoms with van der Waals surface area (Å²) >= 11 is 3.44. The highest BCUT2D eigenvalue weighted by Gasteiger charge is 2.23. The Morgan fingerprint density at radius 3 is 2.62 bits per heavy atom. The van der Waals surface area contributed by atoms with Gasteiger partial charge < -0.3 is 4.90 Å². The number of nitrogens with zero attached hydrogens (tertiary/aromatic N) is 1. The number of carbonyl (C=O) groups excluding carboxylic acids is 1. The summed E-state index contributed by atoms with van der Waals surface area (Å²) in [6.07, 6.45) is 5.11. The first kappa shape index (κ1) is 14.1. The van der Waals surface area contributed by atoms with Crippen LogP contribution in [0.15, 0.2) is 46.9 Å². The van der Waals surface area contributed by atoms with Gasteiger partial charge in [0, 0.05) is 17.9 Å². The molecule has 0 bridgehead atoms. The molecule has 0 fully saturated rings. The van der Waals surface area contributed by atoms with Gasteiger partial charge in [0.1, 0.15) is 0 Å². The lowest BCUT2D eigenvalue weighted by Gasteiger charge is -2.17. The molecule has 3 heteroatoms. The van der Waals surface area contributed by atoms with Gasteiger partial charge >= 0.3 is 0 Å². The van der Waals surface area contributed by atoms with E-state index in [4.69, 9.17) is 0 Å². The maximum Gasteiger partial charge on any atom is 0.223 e. The lowest BCUT2D eigenvalue weighted by Crippen LogP contribution is -2.26. The monoisotopic (exact) mass is 341 g/mol. The topological polar surface area (TPSA) is 20.3 Å². The van der Waals surface area contributed by atoms with Crippen LogP contribution in [0.1, 0.15) is 23.6 Å². The van der Waals surface area contributed by atoms with Gasteiger partial charge in [-0.15, -0.1) is 0 Å². The van der Waals surface area contributed by atoms with Gasteiger partial charge in [0.05, 0.1) is 5.69 Å². The molecule has 1 heterocycles. The minimum absolute atomic E-state index is 0.109. The van der Waals surface area contributed by atoms with Crippen LogP contribution in [-0.4, -0.2) is 12.5 Å². The van der Waals surface area contributed by atoms with Crippen LogP contribution in [0.4, 0.5) is 5.69 Å². The van der Waals surface area contributed by atoms with Gasteiger partial charge in [-0.05, 0) is 35.2 Å². The zero-order valence-electron chi connectivity index (χ0n) is 11.8. The third-order valence-electron chi connectivity index (χ3n) is 3.73. The van der Waals surface area contributed by atoms with Crippen LogP contribution in [0, 0.1) is 0 Å². The minimum Gasteiger partial charge on any atom is -0.311 e. The average molecular weight is 342 g/mol. The van der Waals surface area contributed by atoms with Crippen molar-refractivity contribution in [1.29, 1.82) is 0 Å². The molecule has 0 aliphatic carbocycles. The van der Waals surface area contributed by atoms with E-state index in [1.165, 1.54) is 5.56 Å². The second-order valence-corrected chi connectivity index (χ2v) is 6.08. The second-order valence-electron chi connectivity index (χ2n) is 5.16. The zero-order chi connectivity index (χ0) is 14.8. The lowest BCUT2D eigenvalue weighted by atomic mass is 10.1. The molecule has 106 valence electrons. The predicted molar refractivity (Wildman–Crippen MR) is 91.2 cm³/mol. The molecule has 1 aliphatic heterocycles. The van der Waals surface area contributed by atoms with E-state index in [1.54, 1.807) is 6.92 Å². The Bertz CT molecular complexity index is 704. The summed E-state index contributed by atoms with van der Waals surface area (Å²) in [6, 6.07) is 14.4. The predicted octanol–water partition coefficient (Wildman–Crippen LogP) is 4.53. The van der Waals surface area contributed by atoms with Crippen LogP contribution >= 0.6 is 15.9 Å². The number of hydrogen-bond acceptors (Lipinski definition) is 1. The molecule has 2 aromatic rings. The Labute approximate surface area is 133 Å². The summed E-state index contributed by atoms with van der Waals surface area (Å²) in [6.45, 7) is 2.41. The van der Waals surface area contributed by atoms with E-state index >= 15 is 0 Å². The molecule has 1 aliphatic rings. The highest BCUT2D eigenvalue weighted by Crippen LogP contribution is 2.33. The first-order valence-electron chi connectivity index (χ1n) is 6.99. The van der Waals surface area contributed by atoms with Crippen LogP contribution in [0.5, 0.6) is 0 Å². The smallest absolute Gasteiger partial charge is 0.223 e. The molecular weight excluding hydrogens is 326 g/mol. The maximum absolute atomic E-state index is 11.8. The molecular formula is C18H16BrNO. The van der Waals surface area contributed by atoms with Crippen molar-refractivity contribution in [2.45, 2.75) is 13.3 Å². The number of amides is 1. The van der Waals surface area contributed by atoms with Gasteiger partial charge in [0.2, 0.25) is 5.91 Å². The molecule has 3 rings (SSSR count). The summed E-state index contributed by atoms with van der Waals surface area (Å²) in [5.74, 6) is 0.109. The fraction of sp³-hybridized carbons (Fsp3) is 0.167. The van der Waals surface area contributed by atoms with Gasteiger partial charge in [-0.1, -0.05) is 58.4 Å². The number of rotatable bonds is 2. The van der Waals surface area contributed by atoms with E-state index in [1.807, 2.05) is 17.0 Å². The molecule has 2 nitrogen and oxygen atoms in total. The summed E-state index contributed by atoms with van der Waals surface area (Å²) in [4.78, 5) is 13.6. The van der Waals surface area contributed by atoms with Crippen molar-refractivity contribution >= 4 is 39.7 Å². The van der Waals surface area contributed by atoms with Crippen molar-refractivity contribution < 1.29 is 4.79 Å². The van der Waals surface area contributed by atoms with E-state index in [9.17, 15) is 4.79 Å². The number of halogens is 1. The number of hydrogen-bond donors (Lipinski definition) is 0. The van der Waals surface area contributed by atoms with Gasteiger partial charge in [-0.25, -0.2) is 0 Å². The van der Waals surface area contributed by atoms with Crippen molar-refractivity contribution in [3.8, 4) is 0 Å². The van der Waals surface area contributed by atoms with Crippen molar-refractivity contribution in [1.82, 2.24) is 0 Å². The highest BCUT2D eigenvalue weighted by molar-refractivity contribution is 9.10. The molecule has 0 spiro atoms. The van der Waals surface area contributed by atoms with Crippen molar-refractivity contribution in [3.63, 3.8) is 0 Å². The Kier molecular flexibility index (Phi) is 3.93. The first-order chi connectivity index (χ1) is 10.1. The van der Waals surface area contributed by atoms with E-state index in [0.717, 1.165) is 34.3 Å². The van der Waals surface area contributed by atoms with Crippen LogP contribution in [0.3, 0.4) is 0 Å². The average Bonchev–Trinajstić information content (AvgIpc) is 2.91. The third kappa shape index (κ3) is 2.93.